The van der Waals surface area contributed by atoms with E-state index in [0.717, 1.165) is 32.2 Å². The predicted molar refractivity (Wildman–Crippen MR) is 157 cm³/mol. The van der Waals surface area contributed by atoms with E-state index in [9.17, 15) is 14.7 Å². The number of aromatic carboxylic acids is 1. The van der Waals surface area contributed by atoms with Crippen molar-refractivity contribution >= 4 is 53.8 Å². The van der Waals surface area contributed by atoms with Gasteiger partial charge in [-0.05, 0) is 0 Å². The molecule has 2 fully saturated rings. The van der Waals surface area contributed by atoms with E-state index >= 15 is 4.39 Å². The average molecular weight is 609 g/mol. The van der Waals surface area contributed by atoms with Crippen molar-refractivity contribution in [2.45, 2.75) is 18.9 Å². The molecule has 9 heteroatoms. The van der Waals surface area contributed by atoms with Gasteiger partial charge in [-0.15, -0.1) is 0 Å². The van der Waals surface area contributed by atoms with E-state index in [1.807, 2.05) is 21.6 Å². The van der Waals surface area contributed by atoms with Crippen LogP contribution >= 0.6 is 5.51 Å². The summed E-state index contributed by atoms with van der Waals surface area (Å²) in [6.07, 6.45) is 4.17. The molecule has 1 aromatic heterocycles. The van der Waals surface area contributed by atoms with Crippen molar-refractivity contribution < 1.29 is 14.3 Å². The third kappa shape index (κ3) is 5.03. The number of anilines is 1. The first-order valence-corrected chi connectivity index (χ1v) is 17.3. The minimum absolute atomic E-state index is 0.128. The summed E-state index contributed by atoms with van der Waals surface area (Å²) in [5.41, 5.74) is -1.66. The number of pyridine rings is 1. The zero-order valence-electron chi connectivity index (χ0n) is 21.4. The molecule has 2 aliphatic rings. The number of halogens is 1. The van der Waals surface area contributed by atoms with Crippen LogP contribution in [0, 0.1) is 5.82 Å². The van der Waals surface area contributed by atoms with E-state index in [1.165, 1.54) is 22.9 Å². The molecular weight excluding hydrogens is 579 g/mol. The van der Waals surface area contributed by atoms with Gasteiger partial charge < -0.3 is 5.11 Å². The summed E-state index contributed by atoms with van der Waals surface area (Å²) in [7, 11) is 0. The average Bonchev–Trinajstić information content (AvgIpc) is 3.80. The normalized spacial score (nSPS) is 16.5. The van der Waals surface area contributed by atoms with Gasteiger partial charge in [0.25, 0.3) is 0 Å². The molecule has 4 aromatic rings. The van der Waals surface area contributed by atoms with Crippen LogP contribution in [0.25, 0.3) is 10.9 Å². The maximum absolute atomic E-state index is 15.4. The molecule has 0 spiro atoms. The Kier molecular flexibility index (Phi) is 7.07. The summed E-state index contributed by atoms with van der Waals surface area (Å²) in [6, 6.07) is 24.4. The Balaban J connectivity index is 1.27. The van der Waals surface area contributed by atoms with Gasteiger partial charge >= 0.3 is 224 Å². The number of fused-ring (bicyclic) bond motifs is 1. The monoisotopic (exact) mass is 609 g/mol. The van der Waals surface area contributed by atoms with Crippen molar-refractivity contribution in [3.63, 3.8) is 0 Å². The Morgan fingerprint density at radius 3 is 2.08 bits per heavy atom. The molecule has 1 aliphatic heterocycles. The summed E-state index contributed by atoms with van der Waals surface area (Å²) in [5.74, 6) is -1.77. The summed E-state index contributed by atoms with van der Waals surface area (Å²) >= 11 is 3.60. The van der Waals surface area contributed by atoms with Crippen LogP contribution in [-0.4, -0.2) is 68.1 Å². The van der Waals surface area contributed by atoms with Gasteiger partial charge in [-0.25, -0.2) is 4.79 Å². The number of hydrogen-bond acceptors (Lipinski definition) is 4. The van der Waals surface area contributed by atoms with Crippen molar-refractivity contribution in [2.24, 2.45) is 0 Å². The van der Waals surface area contributed by atoms with Crippen molar-refractivity contribution in [3.8, 4) is 0 Å². The Labute approximate surface area is 233 Å². The zero-order valence-corrected chi connectivity index (χ0v) is 24.0. The number of piperazine rings is 1. The Hall–Kier alpha value is -3.02. The second kappa shape index (κ2) is 10.5. The number of carboxylic acids is 1. The fourth-order valence-electron chi connectivity index (χ4n) is 5.47. The molecule has 6 nitrogen and oxygen atoms in total. The minimum atomic E-state index is -1.78. The van der Waals surface area contributed by atoms with E-state index in [2.05, 4.69) is 68.5 Å². The van der Waals surface area contributed by atoms with Gasteiger partial charge in [-0.2, -0.15) is 0 Å². The second-order valence-corrected chi connectivity index (χ2v) is 17.0. The van der Waals surface area contributed by atoms with Gasteiger partial charge in [0.1, 0.15) is 0 Å². The van der Waals surface area contributed by atoms with Crippen LogP contribution in [0.3, 0.4) is 0 Å². The molecule has 200 valence electrons. The van der Waals surface area contributed by atoms with E-state index < -0.39 is 22.7 Å². The summed E-state index contributed by atoms with van der Waals surface area (Å²) in [6.45, 7) is 2.89. The first-order chi connectivity index (χ1) is 18.8. The molecule has 1 aliphatic carbocycles. The summed E-state index contributed by atoms with van der Waals surface area (Å²) in [5, 5.41) is 12.3. The fourth-order valence-corrected chi connectivity index (χ4v) is 10.8. The standard InChI is InChI=1S/C30H29FN3O3PSe/c31-26-17-24-27(34(21-11-12-21)19-25(29(24)35)30(36)37)18-28(26)33-15-13-32(14-16-33)20-38(39,22-7-3-1-4-8-22)23-9-5-2-6-10-23/h1-10,17-19,21H,11-16,20H2,(H,36,37). The number of carboxylic acid groups (broad SMARTS) is 1. The Bertz CT molecular complexity index is 1610. The molecule has 0 radical (unpaired) electrons. The predicted octanol–water partition coefficient (Wildman–Crippen LogP) is 4.01. The second-order valence-electron chi connectivity index (χ2n) is 10.3. The molecule has 1 saturated heterocycles. The molecule has 1 saturated carbocycles. The van der Waals surface area contributed by atoms with Crippen LogP contribution in [0.5, 0.6) is 0 Å². The van der Waals surface area contributed by atoms with Gasteiger partial charge in [-0.3, -0.25) is 0 Å². The third-order valence-electron chi connectivity index (χ3n) is 7.73. The number of aromatic nitrogens is 1. The zero-order chi connectivity index (χ0) is 27.1. The molecular formula is C30H29FN3O3PSe. The Morgan fingerprint density at radius 2 is 1.54 bits per heavy atom. The van der Waals surface area contributed by atoms with Gasteiger partial charge in [-0.1, -0.05) is 0 Å². The van der Waals surface area contributed by atoms with Crippen LogP contribution in [0.4, 0.5) is 10.1 Å². The van der Waals surface area contributed by atoms with Crippen LogP contribution < -0.4 is 20.9 Å². The van der Waals surface area contributed by atoms with E-state index in [4.69, 9.17) is 0 Å². The van der Waals surface area contributed by atoms with Crippen molar-refractivity contribution in [1.82, 2.24) is 9.47 Å². The van der Waals surface area contributed by atoms with E-state index in [-0.39, 0.29) is 17.0 Å². The molecule has 6 rings (SSSR count). The number of benzene rings is 3. The molecule has 0 atom stereocenters. The number of hydrogen-bond donors (Lipinski definition) is 1. The first-order valence-electron chi connectivity index (χ1n) is 13.1. The van der Waals surface area contributed by atoms with Gasteiger partial charge in [0.05, 0.1) is 0 Å². The van der Waals surface area contributed by atoms with E-state index in [0.29, 0.717) is 24.3 Å². The van der Waals surface area contributed by atoms with Crippen LogP contribution in [0.1, 0.15) is 29.2 Å². The maximum atomic E-state index is 15.4. The van der Waals surface area contributed by atoms with Gasteiger partial charge in [0.2, 0.25) is 0 Å². The molecule has 39 heavy (non-hydrogen) atoms. The first kappa shape index (κ1) is 26.2. The molecule has 3 aromatic carbocycles. The summed E-state index contributed by atoms with van der Waals surface area (Å²) < 4.78 is 17.3. The molecule has 2 heterocycles. The van der Waals surface area contributed by atoms with Gasteiger partial charge in [0, 0.05) is 0 Å². The molecule has 0 amide bonds. The molecule has 0 bridgehead atoms. The number of rotatable bonds is 7. The van der Waals surface area contributed by atoms with E-state index in [1.54, 1.807) is 6.07 Å². The fraction of sp³-hybridized carbons (Fsp3) is 0.267. The van der Waals surface area contributed by atoms with Crippen molar-refractivity contribution in [1.29, 1.82) is 0 Å². The third-order valence-corrected chi connectivity index (χ3v) is 14.2. The SMILES string of the molecule is O=C(O)c1cn(C2CC2)c2cc(N3CCN(CP(=[Se])(c4ccccc4)c4ccccc4)CC3)c(F)cc2c1=O. The quantitative estimate of drug-likeness (QED) is 0.254. The van der Waals surface area contributed by atoms with Gasteiger partial charge in [0.15, 0.2) is 0 Å². The molecule has 0 unspecified atom stereocenters. The van der Waals surface area contributed by atoms with Crippen molar-refractivity contribution in [3.05, 3.63) is 101 Å². The van der Waals surface area contributed by atoms with Crippen LogP contribution in [0.2, 0.25) is 0 Å². The topological polar surface area (TPSA) is 65.8 Å². The van der Waals surface area contributed by atoms with Crippen LogP contribution in [-0.2, 0) is 0 Å². The molecule has 1 N–H and O–H groups in total. The Morgan fingerprint density at radius 1 is 0.949 bits per heavy atom. The van der Waals surface area contributed by atoms with Crippen LogP contribution in [0.15, 0.2) is 83.8 Å². The van der Waals surface area contributed by atoms with Crippen molar-refractivity contribution in [2.75, 3.05) is 37.4 Å². The number of nitrogens with zero attached hydrogens (tertiary/aromatic N) is 3. The number of carbonyl (C=O) groups is 1. The summed E-state index contributed by atoms with van der Waals surface area (Å²) in [4.78, 5) is 29.0.